The van der Waals surface area contributed by atoms with Crippen LogP contribution in [0.1, 0.15) is 24.6 Å². The van der Waals surface area contributed by atoms with Gasteiger partial charge in [0, 0.05) is 19.0 Å². The Kier molecular flexibility index (Phi) is 3.24. The third-order valence-electron chi connectivity index (χ3n) is 3.37. The highest BCUT2D eigenvalue weighted by molar-refractivity contribution is 5.79. The summed E-state index contributed by atoms with van der Waals surface area (Å²) in [5.41, 5.74) is 0. The van der Waals surface area contributed by atoms with Crippen molar-refractivity contribution in [2.24, 2.45) is 0 Å². The molecule has 3 rings (SSSR count). The van der Waals surface area contributed by atoms with E-state index in [-0.39, 0.29) is 11.8 Å². The quantitative estimate of drug-likeness (QED) is 0.746. The van der Waals surface area contributed by atoms with Gasteiger partial charge in [-0.3, -0.25) is 4.79 Å². The predicted molar refractivity (Wildman–Crippen MR) is 58.5 cm³/mol. The molecule has 18 heavy (non-hydrogen) atoms. The Labute approximate surface area is 104 Å². The molecule has 0 saturated carbocycles. The van der Waals surface area contributed by atoms with Gasteiger partial charge in [0.2, 0.25) is 12.7 Å². The van der Waals surface area contributed by atoms with Crippen LogP contribution in [-0.2, 0) is 14.3 Å². The summed E-state index contributed by atoms with van der Waals surface area (Å²) >= 11 is 0. The standard InChI is InChI=1S/C11H15N3O4/c15-10(11-16-5-6-17-11)14-3-1-8(2-4-14)9-12-7-18-13-9/h7-8,11H,1-6H2. The molecule has 98 valence electrons. The van der Waals surface area contributed by atoms with Crippen LogP contribution >= 0.6 is 0 Å². The first-order valence-electron chi connectivity index (χ1n) is 6.13. The van der Waals surface area contributed by atoms with Gasteiger partial charge in [0.05, 0.1) is 13.2 Å². The van der Waals surface area contributed by atoms with Crippen LogP contribution in [0.5, 0.6) is 0 Å². The molecule has 2 aliphatic heterocycles. The molecule has 0 radical (unpaired) electrons. The van der Waals surface area contributed by atoms with Crippen molar-refractivity contribution in [3.05, 3.63) is 12.2 Å². The maximum atomic E-state index is 12.0. The highest BCUT2D eigenvalue weighted by Gasteiger charge is 2.32. The van der Waals surface area contributed by atoms with Crippen molar-refractivity contribution >= 4 is 5.91 Å². The van der Waals surface area contributed by atoms with Crippen LogP contribution in [0.25, 0.3) is 0 Å². The second-order valence-corrected chi connectivity index (χ2v) is 4.46. The molecular weight excluding hydrogens is 238 g/mol. The fourth-order valence-corrected chi connectivity index (χ4v) is 2.37. The van der Waals surface area contributed by atoms with Crippen molar-refractivity contribution in [3.8, 4) is 0 Å². The number of nitrogens with zero attached hydrogens (tertiary/aromatic N) is 3. The average molecular weight is 253 g/mol. The van der Waals surface area contributed by atoms with Gasteiger partial charge < -0.3 is 18.9 Å². The van der Waals surface area contributed by atoms with Gasteiger partial charge in [0.15, 0.2) is 5.82 Å². The second-order valence-electron chi connectivity index (χ2n) is 4.46. The molecule has 7 heteroatoms. The Balaban J connectivity index is 1.55. The zero-order chi connectivity index (χ0) is 12.4. The number of amides is 1. The zero-order valence-corrected chi connectivity index (χ0v) is 9.95. The number of likely N-dealkylation sites (tertiary alicyclic amines) is 1. The molecule has 0 atom stereocenters. The Bertz CT molecular complexity index is 394. The van der Waals surface area contributed by atoms with Crippen molar-refractivity contribution in [3.63, 3.8) is 0 Å². The van der Waals surface area contributed by atoms with Crippen LogP contribution in [0.3, 0.4) is 0 Å². The normalized spacial score (nSPS) is 22.6. The largest absolute Gasteiger partial charge is 0.343 e. The number of piperidine rings is 1. The van der Waals surface area contributed by atoms with E-state index >= 15 is 0 Å². The van der Waals surface area contributed by atoms with Gasteiger partial charge in [-0.1, -0.05) is 5.16 Å². The molecule has 2 fully saturated rings. The first kappa shape index (κ1) is 11.6. The summed E-state index contributed by atoms with van der Waals surface area (Å²) in [7, 11) is 0. The van der Waals surface area contributed by atoms with Gasteiger partial charge in [-0.25, -0.2) is 0 Å². The van der Waals surface area contributed by atoms with E-state index in [4.69, 9.17) is 14.0 Å². The third kappa shape index (κ3) is 2.23. The Morgan fingerprint density at radius 3 is 2.61 bits per heavy atom. The third-order valence-corrected chi connectivity index (χ3v) is 3.37. The van der Waals surface area contributed by atoms with Gasteiger partial charge in [-0.2, -0.15) is 4.98 Å². The molecule has 0 aliphatic carbocycles. The molecule has 0 spiro atoms. The highest BCUT2D eigenvalue weighted by atomic mass is 16.7. The van der Waals surface area contributed by atoms with E-state index in [1.54, 1.807) is 4.90 Å². The van der Waals surface area contributed by atoms with Gasteiger partial charge in [0.25, 0.3) is 5.91 Å². The number of aromatic nitrogens is 2. The molecule has 1 amide bonds. The highest BCUT2D eigenvalue weighted by Crippen LogP contribution is 2.26. The minimum absolute atomic E-state index is 0.0703. The molecule has 1 aromatic rings. The maximum Gasteiger partial charge on any atom is 0.279 e. The molecule has 0 aromatic carbocycles. The summed E-state index contributed by atoms with van der Waals surface area (Å²) in [6.07, 6.45) is 2.33. The van der Waals surface area contributed by atoms with Gasteiger partial charge in [-0.15, -0.1) is 0 Å². The first-order valence-corrected chi connectivity index (χ1v) is 6.13. The van der Waals surface area contributed by atoms with E-state index < -0.39 is 6.29 Å². The second kappa shape index (κ2) is 5.03. The molecular formula is C11H15N3O4. The molecule has 3 heterocycles. The number of hydrogen-bond acceptors (Lipinski definition) is 6. The van der Waals surface area contributed by atoms with E-state index in [9.17, 15) is 4.79 Å². The maximum absolute atomic E-state index is 12.0. The van der Waals surface area contributed by atoms with Crippen molar-refractivity contribution < 1.29 is 18.8 Å². The Hall–Kier alpha value is -1.47. The van der Waals surface area contributed by atoms with Crippen LogP contribution in [0.2, 0.25) is 0 Å². The molecule has 0 unspecified atom stereocenters. The van der Waals surface area contributed by atoms with E-state index in [1.807, 2.05) is 0 Å². The predicted octanol–water partition coefficient (Wildman–Crippen LogP) is 0.148. The summed E-state index contributed by atoms with van der Waals surface area (Å²) < 4.78 is 15.2. The molecule has 7 nitrogen and oxygen atoms in total. The van der Waals surface area contributed by atoms with E-state index in [0.29, 0.717) is 26.3 Å². The number of carbonyl (C=O) groups is 1. The molecule has 2 aliphatic rings. The summed E-state index contributed by atoms with van der Waals surface area (Å²) in [5.74, 6) is 0.938. The number of carbonyl (C=O) groups excluding carboxylic acids is 1. The van der Waals surface area contributed by atoms with E-state index in [1.165, 1.54) is 6.39 Å². The summed E-state index contributed by atoms with van der Waals surface area (Å²) in [6.45, 7) is 2.36. The van der Waals surface area contributed by atoms with Gasteiger partial charge >= 0.3 is 0 Å². The van der Waals surface area contributed by atoms with Crippen LogP contribution < -0.4 is 0 Å². The zero-order valence-electron chi connectivity index (χ0n) is 9.95. The lowest BCUT2D eigenvalue weighted by atomic mass is 9.96. The van der Waals surface area contributed by atoms with Gasteiger partial charge in [-0.05, 0) is 12.8 Å². The smallest absolute Gasteiger partial charge is 0.279 e. The minimum atomic E-state index is -0.702. The van der Waals surface area contributed by atoms with Crippen molar-refractivity contribution in [2.45, 2.75) is 25.0 Å². The number of hydrogen-bond donors (Lipinski definition) is 0. The fraction of sp³-hybridized carbons (Fsp3) is 0.727. The average Bonchev–Trinajstić information content (AvgIpc) is 3.11. The summed E-state index contributed by atoms with van der Waals surface area (Å²) in [4.78, 5) is 17.9. The monoisotopic (exact) mass is 253 g/mol. The minimum Gasteiger partial charge on any atom is -0.343 e. The SMILES string of the molecule is O=C(C1OCCO1)N1CCC(c2ncon2)CC1. The number of ether oxygens (including phenoxy) is 2. The van der Waals surface area contributed by atoms with Crippen LogP contribution in [0.4, 0.5) is 0 Å². The lowest BCUT2D eigenvalue weighted by molar-refractivity contribution is -0.159. The lowest BCUT2D eigenvalue weighted by Crippen LogP contribution is -2.44. The summed E-state index contributed by atoms with van der Waals surface area (Å²) in [6, 6.07) is 0. The fourth-order valence-electron chi connectivity index (χ4n) is 2.37. The van der Waals surface area contributed by atoms with Crippen LogP contribution in [0.15, 0.2) is 10.9 Å². The van der Waals surface area contributed by atoms with Crippen molar-refractivity contribution in [1.82, 2.24) is 15.0 Å². The Morgan fingerprint density at radius 2 is 2.00 bits per heavy atom. The van der Waals surface area contributed by atoms with Gasteiger partial charge in [0.1, 0.15) is 0 Å². The van der Waals surface area contributed by atoms with Crippen molar-refractivity contribution in [2.75, 3.05) is 26.3 Å². The first-order chi connectivity index (χ1) is 8.84. The molecule has 0 bridgehead atoms. The van der Waals surface area contributed by atoms with Crippen LogP contribution in [0, 0.1) is 0 Å². The van der Waals surface area contributed by atoms with E-state index in [2.05, 4.69) is 10.1 Å². The summed E-state index contributed by atoms with van der Waals surface area (Å²) in [5, 5.41) is 3.85. The topological polar surface area (TPSA) is 77.7 Å². The molecule has 2 saturated heterocycles. The Morgan fingerprint density at radius 1 is 1.28 bits per heavy atom. The molecule has 1 aromatic heterocycles. The number of rotatable bonds is 2. The van der Waals surface area contributed by atoms with E-state index in [0.717, 1.165) is 18.7 Å². The van der Waals surface area contributed by atoms with Crippen molar-refractivity contribution in [1.29, 1.82) is 0 Å². The lowest BCUT2D eigenvalue weighted by Gasteiger charge is -2.31. The van der Waals surface area contributed by atoms with Crippen LogP contribution in [-0.4, -0.2) is 53.5 Å². The molecule has 0 N–H and O–H groups in total.